The third-order valence-electron chi connectivity index (χ3n) is 2.86. The molecule has 2 atom stereocenters. The maximum absolute atomic E-state index is 10.9. The molecule has 16 heavy (non-hydrogen) atoms. The number of rotatable bonds is 5. The minimum Gasteiger partial charge on any atom is -0.478 e. The standard InChI is InChI=1S/C11H15N3O2/c1-2-3-7-6-9(7)13-10-8(11(15)16)4-5-12-14-10/h4-5,7,9H,2-3,6H2,1H3,(H,13,14)(H,15,16). The molecule has 0 bridgehead atoms. The van der Waals surface area contributed by atoms with Crippen molar-refractivity contribution in [1.82, 2.24) is 10.2 Å². The average molecular weight is 221 g/mol. The van der Waals surface area contributed by atoms with Crippen LogP contribution in [0.15, 0.2) is 12.3 Å². The molecule has 5 heteroatoms. The van der Waals surface area contributed by atoms with Gasteiger partial charge in [0.25, 0.3) is 0 Å². The summed E-state index contributed by atoms with van der Waals surface area (Å²) in [6.45, 7) is 2.15. The van der Waals surface area contributed by atoms with Crippen LogP contribution in [0.1, 0.15) is 36.5 Å². The Morgan fingerprint density at radius 1 is 1.69 bits per heavy atom. The molecular weight excluding hydrogens is 206 g/mol. The van der Waals surface area contributed by atoms with E-state index in [9.17, 15) is 4.79 Å². The van der Waals surface area contributed by atoms with Gasteiger partial charge in [-0.1, -0.05) is 13.3 Å². The zero-order chi connectivity index (χ0) is 11.5. The van der Waals surface area contributed by atoms with Gasteiger partial charge in [0, 0.05) is 6.04 Å². The van der Waals surface area contributed by atoms with Crippen LogP contribution in [-0.2, 0) is 0 Å². The topological polar surface area (TPSA) is 75.1 Å². The highest BCUT2D eigenvalue weighted by Crippen LogP contribution is 2.37. The van der Waals surface area contributed by atoms with Crippen LogP contribution >= 0.6 is 0 Å². The number of carboxylic acids is 1. The largest absolute Gasteiger partial charge is 0.478 e. The van der Waals surface area contributed by atoms with Gasteiger partial charge in [-0.2, -0.15) is 5.10 Å². The van der Waals surface area contributed by atoms with E-state index in [2.05, 4.69) is 22.4 Å². The van der Waals surface area contributed by atoms with E-state index in [-0.39, 0.29) is 5.56 Å². The van der Waals surface area contributed by atoms with E-state index in [1.165, 1.54) is 18.7 Å². The summed E-state index contributed by atoms with van der Waals surface area (Å²) in [7, 11) is 0. The molecule has 0 radical (unpaired) electrons. The number of carbonyl (C=O) groups is 1. The van der Waals surface area contributed by atoms with Crippen molar-refractivity contribution in [2.75, 3.05) is 5.32 Å². The second-order valence-corrected chi connectivity index (χ2v) is 4.13. The van der Waals surface area contributed by atoms with Gasteiger partial charge in [-0.25, -0.2) is 4.79 Å². The van der Waals surface area contributed by atoms with E-state index >= 15 is 0 Å². The molecule has 1 fully saturated rings. The highest BCUT2D eigenvalue weighted by Gasteiger charge is 2.36. The number of nitrogens with zero attached hydrogens (tertiary/aromatic N) is 2. The first-order chi connectivity index (χ1) is 7.72. The Morgan fingerprint density at radius 2 is 2.50 bits per heavy atom. The smallest absolute Gasteiger partial charge is 0.339 e. The van der Waals surface area contributed by atoms with E-state index in [0.717, 1.165) is 12.8 Å². The van der Waals surface area contributed by atoms with Crippen LogP contribution < -0.4 is 5.32 Å². The van der Waals surface area contributed by atoms with Gasteiger partial charge < -0.3 is 10.4 Å². The number of aromatic nitrogens is 2. The summed E-state index contributed by atoms with van der Waals surface area (Å²) in [5.74, 6) is 0.0809. The summed E-state index contributed by atoms with van der Waals surface area (Å²) in [4.78, 5) is 10.9. The number of anilines is 1. The van der Waals surface area contributed by atoms with Gasteiger partial charge in [0.1, 0.15) is 5.56 Å². The number of nitrogens with one attached hydrogen (secondary N) is 1. The molecule has 1 aromatic heterocycles. The predicted molar refractivity (Wildman–Crippen MR) is 59.4 cm³/mol. The monoisotopic (exact) mass is 221 g/mol. The van der Waals surface area contributed by atoms with Gasteiger partial charge in [0.2, 0.25) is 0 Å². The number of carboxylic acid groups (broad SMARTS) is 1. The van der Waals surface area contributed by atoms with Crippen LogP contribution in [0.5, 0.6) is 0 Å². The highest BCUT2D eigenvalue weighted by atomic mass is 16.4. The lowest BCUT2D eigenvalue weighted by molar-refractivity contribution is 0.0697. The van der Waals surface area contributed by atoms with Gasteiger partial charge in [0.05, 0.1) is 6.20 Å². The first-order valence-corrected chi connectivity index (χ1v) is 5.54. The summed E-state index contributed by atoms with van der Waals surface area (Å²) >= 11 is 0. The molecule has 86 valence electrons. The van der Waals surface area contributed by atoms with E-state index in [4.69, 9.17) is 5.11 Å². The predicted octanol–water partition coefficient (Wildman–Crippen LogP) is 1.78. The van der Waals surface area contributed by atoms with Crippen molar-refractivity contribution in [3.05, 3.63) is 17.8 Å². The van der Waals surface area contributed by atoms with Crippen LogP contribution in [-0.4, -0.2) is 27.3 Å². The van der Waals surface area contributed by atoms with E-state index in [1.54, 1.807) is 0 Å². The molecule has 2 rings (SSSR count). The Hall–Kier alpha value is -1.65. The van der Waals surface area contributed by atoms with Crippen molar-refractivity contribution < 1.29 is 9.90 Å². The Balaban J connectivity index is 2.02. The lowest BCUT2D eigenvalue weighted by Gasteiger charge is -2.06. The number of aromatic carboxylic acids is 1. The molecule has 0 spiro atoms. The Labute approximate surface area is 93.9 Å². The molecule has 1 aliphatic rings. The fourth-order valence-electron chi connectivity index (χ4n) is 1.90. The Morgan fingerprint density at radius 3 is 3.19 bits per heavy atom. The molecule has 1 aliphatic carbocycles. The molecule has 2 unspecified atom stereocenters. The van der Waals surface area contributed by atoms with Crippen LogP contribution in [0.3, 0.4) is 0 Å². The Kier molecular flexibility index (Phi) is 3.03. The molecule has 1 aromatic rings. The quantitative estimate of drug-likeness (QED) is 0.792. The van der Waals surface area contributed by atoms with Gasteiger partial charge in [0.15, 0.2) is 5.82 Å². The first-order valence-electron chi connectivity index (χ1n) is 5.54. The van der Waals surface area contributed by atoms with Crippen LogP contribution in [0.4, 0.5) is 5.82 Å². The lowest BCUT2D eigenvalue weighted by atomic mass is 10.2. The maximum atomic E-state index is 10.9. The van der Waals surface area contributed by atoms with E-state index < -0.39 is 5.97 Å². The van der Waals surface area contributed by atoms with Gasteiger partial charge in [-0.05, 0) is 24.8 Å². The van der Waals surface area contributed by atoms with E-state index in [0.29, 0.717) is 17.8 Å². The minimum atomic E-state index is -0.968. The van der Waals surface area contributed by atoms with Crippen molar-refractivity contribution in [3.8, 4) is 0 Å². The third kappa shape index (κ3) is 2.29. The summed E-state index contributed by atoms with van der Waals surface area (Å²) in [5.41, 5.74) is 0.192. The van der Waals surface area contributed by atoms with Gasteiger partial charge in [-0.15, -0.1) is 5.10 Å². The summed E-state index contributed by atoms with van der Waals surface area (Å²) in [6.07, 6.45) is 4.84. The molecular formula is C11H15N3O2. The molecule has 2 N–H and O–H groups in total. The van der Waals surface area contributed by atoms with Crippen molar-refractivity contribution in [1.29, 1.82) is 0 Å². The summed E-state index contributed by atoms with van der Waals surface area (Å²) < 4.78 is 0. The van der Waals surface area contributed by atoms with Crippen LogP contribution in [0.25, 0.3) is 0 Å². The SMILES string of the molecule is CCCC1CC1Nc1nnccc1C(=O)O. The molecule has 0 aliphatic heterocycles. The van der Waals surface area contributed by atoms with Crippen molar-refractivity contribution >= 4 is 11.8 Å². The molecule has 0 saturated heterocycles. The number of hydrogen-bond donors (Lipinski definition) is 2. The lowest BCUT2D eigenvalue weighted by Crippen LogP contribution is -2.12. The highest BCUT2D eigenvalue weighted by molar-refractivity contribution is 5.92. The second kappa shape index (κ2) is 4.47. The van der Waals surface area contributed by atoms with Crippen molar-refractivity contribution in [3.63, 3.8) is 0 Å². The van der Waals surface area contributed by atoms with Crippen LogP contribution in [0.2, 0.25) is 0 Å². The molecule has 0 amide bonds. The fourth-order valence-corrected chi connectivity index (χ4v) is 1.90. The molecule has 5 nitrogen and oxygen atoms in total. The summed E-state index contributed by atoms with van der Waals surface area (Å²) in [5, 5.41) is 19.6. The molecule has 1 heterocycles. The van der Waals surface area contributed by atoms with Gasteiger partial charge >= 0.3 is 5.97 Å². The normalized spacial score (nSPS) is 22.8. The number of hydrogen-bond acceptors (Lipinski definition) is 4. The van der Waals surface area contributed by atoms with Crippen molar-refractivity contribution in [2.45, 2.75) is 32.2 Å². The molecule has 0 aromatic carbocycles. The Bertz CT molecular complexity index is 395. The maximum Gasteiger partial charge on any atom is 0.339 e. The zero-order valence-corrected chi connectivity index (χ0v) is 9.18. The zero-order valence-electron chi connectivity index (χ0n) is 9.18. The van der Waals surface area contributed by atoms with Crippen molar-refractivity contribution in [2.24, 2.45) is 5.92 Å². The minimum absolute atomic E-state index is 0.192. The fraction of sp³-hybridized carbons (Fsp3) is 0.545. The molecule has 1 saturated carbocycles. The second-order valence-electron chi connectivity index (χ2n) is 4.13. The van der Waals surface area contributed by atoms with Gasteiger partial charge in [-0.3, -0.25) is 0 Å². The summed E-state index contributed by atoms with van der Waals surface area (Å²) in [6, 6.07) is 1.84. The average Bonchev–Trinajstić information content (AvgIpc) is 2.97. The third-order valence-corrected chi connectivity index (χ3v) is 2.86. The van der Waals surface area contributed by atoms with E-state index in [1.807, 2.05) is 0 Å². The van der Waals surface area contributed by atoms with Crippen LogP contribution in [0, 0.1) is 5.92 Å². The first kappa shape index (κ1) is 10.9.